The molecule has 0 heterocycles. The lowest BCUT2D eigenvalue weighted by atomic mass is 10.1. The van der Waals surface area contributed by atoms with Crippen LogP contribution in [0.2, 0.25) is 0 Å². The summed E-state index contributed by atoms with van der Waals surface area (Å²) >= 11 is 3.40. The number of rotatable bonds is 7. The Balaban J connectivity index is 2.00. The van der Waals surface area contributed by atoms with Crippen LogP contribution in [0.5, 0.6) is 17.2 Å². The van der Waals surface area contributed by atoms with E-state index in [4.69, 9.17) is 18.9 Å². The second-order valence-electron chi connectivity index (χ2n) is 4.98. The lowest BCUT2D eigenvalue weighted by molar-refractivity contribution is -0.144. The Morgan fingerprint density at radius 1 is 0.958 bits per heavy atom. The summed E-state index contributed by atoms with van der Waals surface area (Å²) in [4.78, 5) is 12.0. The van der Waals surface area contributed by atoms with E-state index in [1.54, 1.807) is 33.5 Å². The average molecular weight is 395 g/mol. The second kappa shape index (κ2) is 8.59. The van der Waals surface area contributed by atoms with Gasteiger partial charge in [-0.25, -0.2) is 0 Å². The van der Waals surface area contributed by atoms with Gasteiger partial charge in [0.25, 0.3) is 0 Å². The minimum absolute atomic E-state index is 0.113. The fourth-order valence-electron chi connectivity index (χ4n) is 2.16. The van der Waals surface area contributed by atoms with Crippen LogP contribution in [-0.4, -0.2) is 27.3 Å². The molecular formula is C18H19BrO5. The van der Waals surface area contributed by atoms with Crippen LogP contribution in [-0.2, 0) is 22.6 Å². The zero-order valence-electron chi connectivity index (χ0n) is 13.8. The summed E-state index contributed by atoms with van der Waals surface area (Å²) in [5.41, 5.74) is 1.60. The van der Waals surface area contributed by atoms with Crippen molar-refractivity contribution in [1.29, 1.82) is 0 Å². The monoisotopic (exact) mass is 394 g/mol. The minimum atomic E-state index is -0.316. The third-order valence-corrected chi connectivity index (χ3v) is 4.07. The Labute approximate surface area is 149 Å². The lowest BCUT2D eigenvalue weighted by Gasteiger charge is -2.12. The first-order valence-corrected chi connectivity index (χ1v) is 8.05. The van der Waals surface area contributed by atoms with Crippen molar-refractivity contribution in [3.63, 3.8) is 0 Å². The minimum Gasteiger partial charge on any atom is -0.497 e. The Kier molecular flexibility index (Phi) is 6.49. The molecule has 0 radical (unpaired) electrons. The van der Waals surface area contributed by atoms with E-state index in [0.29, 0.717) is 11.5 Å². The first kappa shape index (κ1) is 18.1. The van der Waals surface area contributed by atoms with Crippen LogP contribution < -0.4 is 14.2 Å². The summed E-state index contributed by atoms with van der Waals surface area (Å²) in [6.07, 6.45) is 0.194. The van der Waals surface area contributed by atoms with Crippen LogP contribution in [0, 0.1) is 0 Å². The summed E-state index contributed by atoms with van der Waals surface area (Å²) in [7, 11) is 4.74. The molecule has 2 aromatic carbocycles. The largest absolute Gasteiger partial charge is 0.497 e. The molecule has 0 unspecified atom stereocenters. The number of halogens is 1. The van der Waals surface area contributed by atoms with Crippen molar-refractivity contribution in [1.82, 2.24) is 0 Å². The SMILES string of the molecule is COc1ccc(CC(=O)OCc2cc(OC)c(Br)cc2OC)cc1. The highest BCUT2D eigenvalue weighted by Crippen LogP contribution is 2.33. The Morgan fingerprint density at radius 2 is 1.62 bits per heavy atom. The maximum atomic E-state index is 12.0. The van der Waals surface area contributed by atoms with E-state index in [1.165, 1.54) is 0 Å². The van der Waals surface area contributed by atoms with Gasteiger partial charge in [-0.15, -0.1) is 0 Å². The van der Waals surface area contributed by atoms with Crippen molar-refractivity contribution in [3.8, 4) is 17.2 Å². The van der Waals surface area contributed by atoms with Crippen LogP contribution in [0.25, 0.3) is 0 Å². The number of esters is 1. The summed E-state index contributed by atoms with van der Waals surface area (Å²) in [6.45, 7) is 0.113. The number of benzene rings is 2. The van der Waals surface area contributed by atoms with Crippen LogP contribution in [0.3, 0.4) is 0 Å². The molecule has 0 fully saturated rings. The van der Waals surface area contributed by atoms with Gasteiger partial charge in [0.15, 0.2) is 0 Å². The quantitative estimate of drug-likeness (QED) is 0.669. The molecule has 6 heteroatoms. The summed E-state index contributed by atoms with van der Waals surface area (Å²) in [5, 5.41) is 0. The molecular weight excluding hydrogens is 376 g/mol. The van der Waals surface area contributed by atoms with Gasteiger partial charge < -0.3 is 18.9 Å². The molecule has 0 aliphatic carbocycles. The van der Waals surface area contributed by atoms with Gasteiger partial charge in [0.2, 0.25) is 0 Å². The molecule has 0 bridgehead atoms. The van der Waals surface area contributed by atoms with E-state index in [1.807, 2.05) is 24.3 Å². The zero-order valence-corrected chi connectivity index (χ0v) is 15.4. The molecule has 0 saturated heterocycles. The first-order valence-electron chi connectivity index (χ1n) is 7.26. The van der Waals surface area contributed by atoms with Gasteiger partial charge in [-0.2, -0.15) is 0 Å². The van der Waals surface area contributed by atoms with Crippen molar-refractivity contribution in [2.24, 2.45) is 0 Å². The van der Waals surface area contributed by atoms with Crippen molar-refractivity contribution in [2.75, 3.05) is 21.3 Å². The highest BCUT2D eigenvalue weighted by atomic mass is 79.9. The van der Waals surface area contributed by atoms with Gasteiger partial charge >= 0.3 is 5.97 Å². The van der Waals surface area contributed by atoms with E-state index in [2.05, 4.69) is 15.9 Å². The number of carbonyl (C=O) groups is 1. The van der Waals surface area contributed by atoms with E-state index in [0.717, 1.165) is 21.3 Å². The van der Waals surface area contributed by atoms with E-state index in [9.17, 15) is 4.79 Å². The highest BCUT2D eigenvalue weighted by Gasteiger charge is 2.12. The predicted molar refractivity (Wildman–Crippen MR) is 93.7 cm³/mol. The maximum absolute atomic E-state index is 12.0. The van der Waals surface area contributed by atoms with E-state index < -0.39 is 0 Å². The molecule has 2 rings (SSSR count). The van der Waals surface area contributed by atoms with Crippen molar-refractivity contribution >= 4 is 21.9 Å². The average Bonchev–Trinajstić information content (AvgIpc) is 2.60. The van der Waals surface area contributed by atoms with Gasteiger partial charge in [-0.3, -0.25) is 4.79 Å². The zero-order chi connectivity index (χ0) is 17.5. The Hall–Kier alpha value is -2.21. The molecule has 0 aliphatic heterocycles. The highest BCUT2D eigenvalue weighted by molar-refractivity contribution is 9.10. The Bertz CT molecular complexity index is 697. The third-order valence-electron chi connectivity index (χ3n) is 3.45. The van der Waals surface area contributed by atoms with Gasteiger partial charge in [-0.05, 0) is 45.8 Å². The molecule has 5 nitrogen and oxygen atoms in total. The first-order chi connectivity index (χ1) is 11.6. The third kappa shape index (κ3) is 4.64. The van der Waals surface area contributed by atoms with Gasteiger partial charge in [0, 0.05) is 5.56 Å². The smallest absolute Gasteiger partial charge is 0.310 e. The molecule has 24 heavy (non-hydrogen) atoms. The van der Waals surface area contributed by atoms with E-state index >= 15 is 0 Å². The molecule has 0 spiro atoms. The number of methoxy groups -OCH3 is 3. The van der Waals surface area contributed by atoms with Crippen molar-refractivity contribution < 1.29 is 23.7 Å². The molecule has 0 aromatic heterocycles. The molecule has 0 atom stereocenters. The molecule has 2 aromatic rings. The molecule has 0 aliphatic rings. The summed E-state index contributed by atoms with van der Waals surface area (Å²) in [6, 6.07) is 10.9. The second-order valence-corrected chi connectivity index (χ2v) is 5.84. The van der Waals surface area contributed by atoms with Crippen LogP contribution >= 0.6 is 15.9 Å². The van der Waals surface area contributed by atoms with Gasteiger partial charge in [0.1, 0.15) is 23.9 Å². The summed E-state index contributed by atoms with van der Waals surface area (Å²) < 4.78 is 21.8. The molecule has 0 saturated carbocycles. The fraction of sp³-hybridized carbons (Fsp3) is 0.278. The molecule has 128 valence electrons. The fourth-order valence-corrected chi connectivity index (χ4v) is 2.64. The number of carbonyl (C=O) groups excluding carboxylic acids is 1. The topological polar surface area (TPSA) is 54.0 Å². The van der Waals surface area contributed by atoms with Crippen LogP contribution in [0.1, 0.15) is 11.1 Å². The predicted octanol–water partition coefficient (Wildman–Crippen LogP) is 3.76. The van der Waals surface area contributed by atoms with Crippen LogP contribution in [0.15, 0.2) is 40.9 Å². The van der Waals surface area contributed by atoms with Gasteiger partial charge in [-0.1, -0.05) is 12.1 Å². The van der Waals surface area contributed by atoms with E-state index in [-0.39, 0.29) is 19.0 Å². The summed E-state index contributed by atoms with van der Waals surface area (Å²) in [5.74, 6) is 1.71. The standard InChI is InChI=1S/C18H19BrO5/c1-21-14-6-4-12(5-7-14)8-18(20)24-11-13-9-17(23-3)15(19)10-16(13)22-2/h4-7,9-10H,8,11H2,1-3H3. The van der Waals surface area contributed by atoms with Crippen LogP contribution in [0.4, 0.5) is 0 Å². The Morgan fingerprint density at radius 3 is 2.21 bits per heavy atom. The van der Waals surface area contributed by atoms with Crippen molar-refractivity contribution in [2.45, 2.75) is 13.0 Å². The molecule has 0 amide bonds. The van der Waals surface area contributed by atoms with Crippen molar-refractivity contribution in [3.05, 3.63) is 52.0 Å². The number of hydrogen-bond acceptors (Lipinski definition) is 5. The van der Waals surface area contributed by atoms with Gasteiger partial charge in [0.05, 0.1) is 32.2 Å². The maximum Gasteiger partial charge on any atom is 0.310 e. The lowest BCUT2D eigenvalue weighted by Crippen LogP contribution is -2.09. The number of hydrogen-bond donors (Lipinski definition) is 0. The normalized spacial score (nSPS) is 10.2. The number of ether oxygens (including phenoxy) is 4. The molecule has 0 N–H and O–H groups in total.